The zero-order valence-electron chi connectivity index (χ0n) is 9.68. The second kappa shape index (κ2) is 6.00. The summed E-state index contributed by atoms with van der Waals surface area (Å²) in [5.41, 5.74) is 6.15. The van der Waals surface area contributed by atoms with E-state index in [4.69, 9.17) is 15.7 Å². The molecule has 16 heavy (non-hydrogen) atoms. The van der Waals surface area contributed by atoms with Crippen molar-refractivity contribution in [2.24, 2.45) is 10.9 Å². The highest BCUT2D eigenvalue weighted by Crippen LogP contribution is 2.16. The summed E-state index contributed by atoms with van der Waals surface area (Å²) in [6, 6.07) is 7.22. The molecular weight excluding hydrogens is 204 g/mol. The molecule has 0 aromatic heterocycles. The van der Waals surface area contributed by atoms with Crippen molar-refractivity contribution in [1.29, 1.82) is 0 Å². The molecule has 1 unspecified atom stereocenters. The van der Waals surface area contributed by atoms with Crippen LogP contribution in [-0.4, -0.2) is 17.1 Å². The smallest absolute Gasteiger partial charge is 0.170 e. The average molecular weight is 222 g/mol. The van der Waals surface area contributed by atoms with E-state index in [1.807, 2.05) is 19.1 Å². The lowest BCUT2D eigenvalue weighted by Crippen LogP contribution is -2.14. The van der Waals surface area contributed by atoms with Gasteiger partial charge in [0.1, 0.15) is 5.75 Å². The highest BCUT2D eigenvalue weighted by Gasteiger charge is 2.05. The maximum absolute atomic E-state index is 8.57. The third-order valence-electron chi connectivity index (χ3n) is 2.27. The van der Waals surface area contributed by atoms with Crippen molar-refractivity contribution in [2.45, 2.75) is 32.8 Å². The van der Waals surface area contributed by atoms with Crippen LogP contribution >= 0.6 is 0 Å². The highest BCUT2D eigenvalue weighted by atomic mass is 16.5. The lowest BCUT2D eigenvalue weighted by Gasteiger charge is -2.14. The Bertz CT molecular complexity index is 364. The van der Waals surface area contributed by atoms with Gasteiger partial charge >= 0.3 is 0 Å². The first-order valence-corrected chi connectivity index (χ1v) is 5.42. The summed E-state index contributed by atoms with van der Waals surface area (Å²) in [6.45, 7) is 4.15. The Balaban J connectivity index is 2.75. The number of hydrogen-bond acceptors (Lipinski definition) is 3. The number of amidine groups is 1. The van der Waals surface area contributed by atoms with E-state index in [1.54, 1.807) is 12.1 Å². The van der Waals surface area contributed by atoms with Crippen molar-refractivity contribution >= 4 is 5.84 Å². The molecule has 0 bridgehead atoms. The van der Waals surface area contributed by atoms with E-state index < -0.39 is 0 Å². The van der Waals surface area contributed by atoms with Gasteiger partial charge in [-0.2, -0.15) is 0 Å². The van der Waals surface area contributed by atoms with Crippen LogP contribution in [0.1, 0.15) is 32.3 Å². The molecule has 4 nitrogen and oxygen atoms in total. The fourth-order valence-electron chi connectivity index (χ4n) is 1.48. The zero-order valence-corrected chi connectivity index (χ0v) is 9.68. The van der Waals surface area contributed by atoms with Gasteiger partial charge in [-0.3, -0.25) is 0 Å². The first-order chi connectivity index (χ1) is 7.67. The van der Waals surface area contributed by atoms with E-state index in [0.29, 0.717) is 5.56 Å². The molecule has 0 saturated heterocycles. The molecule has 1 atom stereocenters. The Morgan fingerprint density at radius 1 is 1.56 bits per heavy atom. The van der Waals surface area contributed by atoms with Crippen molar-refractivity contribution in [3.8, 4) is 5.75 Å². The minimum absolute atomic E-state index is 0.0913. The van der Waals surface area contributed by atoms with E-state index in [2.05, 4.69) is 12.1 Å². The quantitative estimate of drug-likeness (QED) is 0.348. The molecule has 1 aromatic rings. The van der Waals surface area contributed by atoms with Crippen molar-refractivity contribution in [2.75, 3.05) is 0 Å². The molecule has 4 heteroatoms. The SMILES string of the molecule is CCCC(C)Oc1cccc(/C(N)=N/O)c1. The molecule has 0 amide bonds. The molecule has 0 aliphatic carbocycles. The second-order valence-corrected chi connectivity index (χ2v) is 3.73. The van der Waals surface area contributed by atoms with Gasteiger partial charge in [0.25, 0.3) is 0 Å². The summed E-state index contributed by atoms with van der Waals surface area (Å²) in [7, 11) is 0. The fourth-order valence-corrected chi connectivity index (χ4v) is 1.48. The Hall–Kier alpha value is -1.71. The van der Waals surface area contributed by atoms with E-state index in [9.17, 15) is 0 Å². The maximum Gasteiger partial charge on any atom is 0.170 e. The molecular formula is C12H18N2O2. The summed E-state index contributed by atoms with van der Waals surface area (Å²) in [4.78, 5) is 0. The van der Waals surface area contributed by atoms with Crippen LogP contribution in [0.25, 0.3) is 0 Å². The zero-order chi connectivity index (χ0) is 12.0. The summed E-state index contributed by atoms with van der Waals surface area (Å²) < 4.78 is 5.70. The van der Waals surface area contributed by atoms with Gasteiger partial charge in [-0.1, -0.05) is 30.6 Å². The van der Waals surface area contributed by atoms with Crippen LogP contribution in [0.5, 0.6) is 5.75 Å². The minimum atomic E-state index is 0.0913. The van der Waals surface area contributed by atoms with Crippen molar-refractivity contribution < 1.29 is 9.94 Å². The monoisotopic (exact) mass is 222 g/mol. The van der Waals surface area contributed by atoms with Gasteiger partial charge in [-0.05, 0) is 25.5 Å². The molecule has 0 fully saturated rings. The highest BCUT2D eigenvalue weighted by molar-refractivity contribution is 5.97. The van der Waals surface area contributed by atoms with E-state index in [-0.39, 0.29) is 11.9 Å². The van der Waals surface area contributed by atoms with E-state index in [0.717, 1.165) is 18.6 Å². The average Bonchev–Trinajstić information content (AvgIpc) is 2.28. The van der Waals surface area contributed by atoms with E-state index in [1.165, 1.54) is 0 Å². The molecule has 0 aliphatic rings. The summed E-state index contributed by atoms with van der Waals surface area (Å²) in [6.07, 6.45) is 2.27. The predicted molar refractivity (Wildman–Crippen MR) is 64.0 cm³/mol. The summed E-state index contributed by atoms with van der Waals surface area (Å²) in [5.74, 6) is 0.832. The van der Waals surface area contributed by atoms with Crippen LogP contribution in [0.2, 0.25) is 0 Å². The molecule has 88 valence electrons. The third-order valence-corrected chi connectivity index (χ3v) is 2.27. The van der Waals surface area contributed by atoms with E-state index >= 15 is 0 Å². The molecule has 1 aromatic carbocycles. The second-order valence-electron chi connectivity index (χ2n) is 3.73. The number of oxime groups is 1. The van der Waals surface area contributed by atoms with Crippen LogP contribution in [0, 0.1) is 0 Å². The normalized spacial score (nSPS) is 13.5. The standard InChI is InChI=1S/C12H18N2O2/c1-3-5-9(2)16-11-7-4-6-10(8-11)12(13)14-15/h4,6-9,15H,3,5H2,1-2H3,(H2,13,14). The molecule has 0 heterocycles. The van der Waals surface area contributed by atoms with Gasteiger partial charge in [-0.25, -0.2) is 0 Å². The summed E-state index contributed by atoms with van der Waals surface area (Å²) >= 11 is 0. The topological polar surface area (TPSA) is 67.8 Å². The number of hydrogen-bond donors (Lipinski definition) is 2. The van der Waals surface area contributed by atoms with Gasteiger partial charge in [-0.15, -0.1) is 0 Å². The van der Waals surface area contributed by atoms with Gasteiger partial charge in [0.05, 0.1) is 6.10 Å². The van der Waals surface area contributed by atoms with Crippen molar-refractivity contribution in [3.05, 3.63) is 29.8 Å². The first kappa shape index (κ1) is 12.4. The number of ether oxygens (including phenoxy) is 1. The number of nitrogens with zero attached hydrogens (tertiary/aromatic N) is 1. The van der Waals surface area contributed by atoms with Crippen LogP contribution in [0.15, 0.2) is 29.4 Å². The number of nitrogens with two attached hydrogens (primary N) is 1. The predicted octanol–water partition coefficient (Wildman–Crippen LogP) is 2.35. The van der Waals surface area contributed by atoms with Crippen molar-refractivity contribution in [3.63, 3.8) is 0 Å². The fraction of sp³-hybridized carbons (Fsp3) is 0.417. The molecule has 0 radical (unpaired) electrons. The Morgan fingerprint density at radius 3 is 2.94 bits per heavy atom. The molecule has 0 saturated carbocycles. The lowest BCUT2D eigenvalue weighted by atomic mass is 10.2. The number of benzene rings is 1. The first-order valence-electron chi connectivity index (χ1n) is 5.42. The molecule has 0 aliphatic heterocycles. The number of rotatable bonds is 5. The van der Waals surface area contributed by atoms with Gasteiger partial charge < -0.3 is 15.7 Å². The van der Waals surface area contributed by atoms with Gasteiger partial charge in [0, 0.05) is 5.56 Å². The van der Waals surface area contributed by atoms with Crippen LogP contribution in [0.3, 0.4) is 0 Å². The maximum atomic E-state index is 8.57. The summed E-state index contributed by atoms with van der Waals surface area (Å²) in [5, 5.41) is 11.5. The van der Waals surface area contributed by atoms with Crippen LogP contribution < -0.4 is 10.5 Å². The van der Waals surface area contributed by atoms with Gasteiger partial charge in [0.15, 0.2) is 5.84 Å². The molecule has 3 N–H and O–H groups in total. The van der Waals surface area contributed by atoms with Crippen molar-refractivity contribution in [1.82, 2.24) is 0 Å². The molecule has 0 spiro atoms. The largest absolute Gasteiger partial charge is 0.491 e. The Kier molecular flexibility index (Phi) is 4.64. The van der Waals surface area contributed by atoms with Crippen LogP contribution in [-0.2, 0) is 0 Å². The van der Waals surface area contributed by atoms with Crippen LogP contribution in [0.4, 0.5) is 0 Å². The molecule has 1 rings (SSSR count). The van der Waals surface area contributed by atoms with Gasteiger partial charge in [0.2, 0.25) is 0 Å². The third kappa shape index (κ3) is 3.46. The Labute approximate surface area is 95.7 Å². The Morgan fingerprint density at radius 2 is 2.31 bits per heavy atom. The lowest BCUT2D eigenvalue weighted by molar-refractivity contribution is 0.210. The minimum Gasteiger partial charge on any atom is -0.491 e.